The van der Waals surface area contributed by atoms with Gasteiger partial charge in [0.25, 0.3) is 0 Å². The minimum Gasteiger partial charge on any atom is -0.316 e. The fraction of sp³-hybridized carbons (Fsp3) is 1.00. The smallest absolute Gasteiger partial charge is 0.0157 e. The second-order valence-electron chi connectivity index (χ2n) is 6.23. The van der Waals surface area contributed by atoms with Gasteiger partial charge in [-0.15, -0.1) is 0 Å². The van der Waals surface area contributed by atoms with E-state index in [1.165, 1.54) is 70.0 Å². The molecule has 2 heteroatoms. The quantitative estimate of drug-likeness (QED) is 0.588. The molecule has 19 heavy (non-hydrogen) atoms. The predicted molar refractivity (Wildman–Crippen MR) is 90.1 cm³/mol. The second-order valence-corrected chi connectivity index (χ2v) is 7.56. The van der Waals surface area contributed by atoms with Crippen molar-refractivity contribution in [3.8, 4) is 0 Å². The van der Waals surface area contributed by atoms with Crippen molar-refractivity contribution in [2.24, 2.45) is 5.92 Å². The zero-order valence-corrected chi connectivity index (χ0v) is 14.2. The molecule has 2 atom stereocenters. The Morgan fingerprint density at radius 1 is 1.16 bits per heavy atom. The molecular weight excluding hydrogens is 250 g/mol. The van der Waals surface area contributed by atoms with Crippen molar-refractivity contribution < 1.29 is 0 Å². The van der Waals surface area contributed by atoms with Crippen molar-refractivity contribution >= 4 is 11.8 Å². The van der Waals surface area contributed by atoms with Crippen LogP contribution in [0.2, 0.25) is 0 Å². The molecule has 0 aliphatic heterocycles. The number of thioether (sulfide) groups is 1. The summed E-state index contributed by atoms with van der Waals surface area (Å²) in [5.74, 6) is 2.26. The predicted octanol–water partition coefficient (Wildman–Crippen LogP) is 5.25. The number of nitrogens with one attached hydrogen (secondary N) is 1. The zero-order valence-electron chi connectivity index (χ0n) is 13.4. The Morgan fingerprint density at radius 3 is 2.47 bits per heavy atom. The third kappa shape index (κ3) is 7.60. The van der Waals surface area contributed by atoms with Gasteiger partial charge in [-0.25, -0.2) is 0 Å². The van der Waals surface area contributed by atoms with Crippen molar-refractivity contribution in [3.63, 3.8) is 0 Å². The first-order valence-electron chi connectivity index (χ1n) is 8.59. The topological polar surface area (TPSA) is 12.0 Å². The fourth-order valence-electron chi connectivity index (χ4n) is 3.14. The molecule has 0 radical (unpaired) electrons. The van der Waals surface area contributed by atoms with Crippen molar-refractivity contribution in [1.29, 1.82) is 0 Å². The molecule has 2 unspecified atom stereocenters. The highest BCUT2D eigenvalue weighted by Gasteiger charge is 2.18. The summed E-state index contributed by atoms with van der Waals surface area (Å²) in [6.07, 6.45) is 14.3. The first kappa shape index (κ1) is 17.4. The standard InChI is InChI=1S/C17H35NS/c1-4-6-10-15(5-2)13-16(18-3)14-19-17-11-8-7-9-12-17/h15-18H,4-14H2,1-3H3. The number of hydrogen-bond donors (Lipinski definition) is 1. The molecule has 114 valence electrons. The highest BCUT2D eigenvalue weighted by Crippen LogP contribution is 2.29. The SMILES string of the molecule is CCCCC(CC)CC(CSC1CCCCC1)NC. The molecular formula is C17H35NS. The second kappa shape index (κ2) is 11.0. The van der Waals surface area contributed by atoms with Crippen molar-refractivity contribution in [3.05, 3.63) is 0 Å². The van der Waals surface area contributed by atoms with Crippen molar-refractivity contribution in [2.45, 2.75) is 89.3 Å². The summed E-state index contributed by atoms with van der Waals surface area (Å²) in [5, 5.41) is 4.52. The highest BCUT2D eigenvalue weighted by molar-refractivity contribution is 7.99. The third-order valence-corrected chi connectivity index (χ3v) is 6.19. The third-order valence-electron chi connectivity index (χ3n) is 4.65. The van der Waals surface area contributed by atoms with Gasteiger partial charge in [0.1, 0.15) is 0 Å². The molecule has 0 saturated heterocycles. The molecule has 1 rings (SSSR count). The molecule has 0 bridgehead atoms. The maximum atomic E-state index is 3.56. The Bertz CT molecular complexity index is 201. The van der Waals surface area contributed by atoms with E-state index in [4.69, 9.17) is 0 Å². The molecule has 0 aromatic heterocycles. The molecule has 1 N–H and O–H groups in total. The van der Waals surface area contributed by atoms with E-state index < -0.39 is 0 Å². The lowest BCUT2D eigenvalue weighted by molar-refractivity contribution is 0.374. The lowest BCUT2D eigenvalue weighted by Gasteiger charge is -2.26. The van der Waals surface area contributed by atoms with Gasteiger partial charge < -0.3 is 5.32 Å². The van der Waals surface area contributed by atoms with E-state index in [0.717, 1.165) is 17.2 Å². The lowest BCUT2D eigenvalue weighted by Crippen LogP contribution is -2.31. The largest absolute Gasteiger partial charge is 0.316 e. The summed E-state index contributed by atoms with van der Waals surface area (Å²) in [6.45, 7) is 4.67. The first-order valence-corrected chi connectivity index (χ1v) is 9.63. The average molecular weight is 286 g/mol. The van der Waals surface area contributed by atoms with Gasteiger partial charge in [-0.3, -0.25) is 0 Å². The van der Waals surface area contributed by atoms with E-state index in [1.807, 2.05) is 0 Å². The summed E-state index contributed by atoms with van der Waals surface area (Å²) in [6, 6.07) is 0.730. The monoisotopic (exact) mass is 285 g/mol. The molecule has 0 spiro atoms. The molecule has 1 aliphatic carbocycles. The van der Waals surface area contributed by atoms with Crippen LogP contribution in [0, 0.1) is 5.92 Å². The molecule has 1 saturated carbocycles. The molecule has 0 heterocycles. The number of hydrogen-bond acceptors (Lipinski definition) is 2. The van der Waals surface area contributed by atoms with Gasteiger partial charge >= 0.3 is 0 Å². The van der Waals surface area contributed by atoms with Gasteiger partial charge in [-0.1, -0.05) is 58.8 Å². The normalized spacial score (nSPS) is 20.4. The summed E-state index contributed by atoms with van der Waals surface area (Å²) < 4.78 is 0. The van der Waals surface area contributed by atoms with E-state index in [0.29, 0.717) is 0 Å². The van der Waals surface area contributed by atoms with Crippen molar-refractivity contribution in [1.82, 2.24) is 5.32 Å². The van der Waals surface area contributed by atoms with Gasteiger partial charge in [-0.2, -0.15) is 11.8 Å². The molecule has 0 aromatic rings. The van der Waals surface area contributed by atoms with E-state index in [1.54, 1.807) is 0 Å². The lowest BCUT2D eigenvalue weighted by atomic mass is 9.93. The maximum absolute atomic E-state index is 3.56. The number of rotatable bonds is 10. The highest BCUT2D eigenvalue weighted by atomic mass is 32.2. The Balaban J connectivity index is 2.22. The van der Waals surface area contributed by atoms with Crippen LogP contribution in [0.3, 0.4) is 0 Å². The van der Waals surface area contributed by atoms with Crippen LogP contribution in [-0.4, -0.2) is 24.1 Å². The van der Waals surface area contributed by atoms with Gasteiger partial charge in [0.05, 0.1) is 0 Å². The van der Waals surface area contributed by atoms with Gasteiger partial charge in [-0.05, 0) is 32.2 Å². The summed E-state index contributed by atoms with van der Waals surface area (Å²) >= 11 is 2.24. The molecule has 1 aliphatic rings. The first-order chi connectivity index (χ1) is 9.30. The maximum Gasteiger partial charge on any atom is 0.0157 e. The van der Waals surface area contributed by atoms with Crippen LogP contribution in [0.5, 0.6) is 0 Å². The Morgan fingerprint density at radius 2 is 1.89 bits per heavy atom. The summed E-state index contributed by atoms with van der Waals surface area (Å²) in [7, 11) is 2.15. The van der Waals surface area contributed by atoms with E-state index in [2.05, 4.69) is 38.0 Å². The van der Waals surface area contributed by atoms with Crippen molar-refractivity contribution in [2.75, 3.05) is 12.8 Å². The van der Waals surface area contributed by atoms with E-state index in [-0.39, 0.29) is 0 Å². The Hall–Kier alpha value is 0.310. The van der Waals surface area contributed by atoms with Gasteiger partial charge in [0.2, 0.25) is 0 Å². The van der Waals surface area contributed by atoms with Crippen LogP contribution >= 0.6 is 11.8 Å². The van der Waals surface area contributed by atoms with E-state index in [9.17, 15) is 0 Å². The Labute approximate surface area is 125 Å². The van der Waals surface area contributed by atoms with Crippen LogP contribution < -0.4 is 5.32 Å². The molecule has 1 fully saturated rings. The zero-order chi connectivity index (χ0) is 13.9. The molecule has 0 amide bonds. The minimum absolute atomic E-state index is 0.730. The van der Waals surface area contributed by atoms with Crippen LogP contribution in [0.4, 0.5) is 0 Å². The summed E-state index contributed by atoms with van der Waals surface area (Å²) in [5.41, 5.74) is 0. The number of unbranched alkanes of at least 4 members (excludes halogenated alkanes) is 1. The average Bonchev–Trinajstić information content (AvgIpc) is 2.47. The minimum atomic E-state index is 0.730. The van der Waals surface area contributed by atoms with Crippen LogP contribution in [0.25, 0.3) is 0 Å². The molecule has 1 nitrogen and oxygen atoms in total. The van der Waals surface area contributed by atoms with Gasteiger partial charge in [0, 0.05) is 17.0 Å². The van der Waals surface area contributed by atoms with Crippen LogP contribution in [-0.2, 0) is 0 Å². The van der Waals surface area contributed by atoms with Gasteiger partial charge in [0.15, 0.2) is 0 Å². The molecule has 0 aromatic carbocycles. The summed E-state index contributed by atoms with van der Waals surface area (Å²) in [4.78, 5) is 0. The van der Waals surface area contributed by atoms with Crippen LogP contribution in [0.1, 0.15) is 78.1 Å². The fourth-order valence-corrected chi connectivity index (χ4v) is 4.61. The van der Waals surface area contributed by atoms with Crippen LogP contribution in [0.15, 0.2) is 0 Å². The van der Waals surface area contributed by atoms with E-state index >= 15 is 0 Å². The Kier molecular flexibility index (Phi) is 10.1.